The van der Waals surface area contributed by atoms with Gasteiger partial charge in [0.2, 0.25) is 17.8 Å². The Bertz CT molecular complexity index is 1200. The topological polar surface area (TPSA) is 69.6 Å². The Labute approximate surface area is 231 Å². The number of halogens is 4. The van der Waals surface area contributed by atoms with Crippen molar-refractivity contribution in [2.75, 3.05) is 44.7 Å². The highest BCUT2D eigenvalue weighted by atomic mass is 35.5. The van der Waals surface area contributed by atoms with Crippen molar-refractivity contribution in [2.24, 2.45) is 17.3 Å². The van der Waals surface area contributed by atoms with Crippen LogP contribution < -0.4 is 4.90 Å². The minimum absolute atomic E-state index is 0.0162. The van der Waals surface area contributed by atoms with Crippen LogP contribution in [0.2, 0.25) is 5.02 Å². The molecule has 2 aromatic rings. The Morgan fingerprint density at radius 2 is 1.67 bits per heavy atom. The quantitative estimate of drug-likeness (QED) is 0.502. The van der Waals surface area contributed by atoms with Crippen LogP contribution >= 0.6 is 11.6 Å². The van der Waals surface area contributed by atoms with E-state index in [-0.39, 0.29) is 40.9 Å². The van der Waals surface area contributed by atoms with Crippen molar-refractivity contribution in [1.29, 1.82) is 0 Å². The fourth-order valence-electron chi connectivity index (χ4n) is 5.79. The number of benzene rings is 1. The molecule has 2 saturated heterocycles. The molecule has 0 bridgehead atoms. The summed E-state index contributed by atoms with van der Waals surface area (Å²) in [5.41, 5.74) is -0.0389. The number of hydrogen-bond acceptors (Lipinski definition) is 5. The second-order valence-electron chi connectivity index (χ2n) is 11.4. The first-order valence-corrected chi connectivity index (χ1v) is 13.8. The van der Waals surface area contributed by atoms with Gasteiger partial charge in [0.05, 0.1) is 5.56 Å². The largest absolute Gasteiger partial charge is 0.419 e. The molecule has 3 heterocycles. The van der Waals surface area contributed by atoms with Crippen molar-refractivity contribution in [3.8, 4) is 0 Å². The number of aromatic nitrogens is 2. The van der Waals surface area contributed by atoms with E-state index in [9.17, 15) is 22.8 Å². The fraction of sp³-hybridized carbons (Fsp3) is 0.571. The Balaban J connectivity index is 1.27. The number of nitrogens with zero attached hydrogens (tertiary/aromatic N) is 5. The summed E-state index contributed by atoms with van der Waals surface area (Å²) in [6, 6.07) is 7.58. The highest BCUT2D eigenvalue weighted by molar-refractivity contribution is 6.30. The van der Waals surface area contributed by atoms with E-state index in [1.165, 1.54) is 0 Å². The van der Waals surface area contributed by atoms with Gasteiger partial charge in [-0.3, -0.25) is 9.59 Å². The Morgan fingerprint density at radius 1 is 1.05 bits per heavy atom. The van der Waals surface area contributed by atoms with Crippen molar-refractivity contribution in [1.82, 2.24) is 19.8 Å². The molecule has 1 aromatic carbocycles. The molecule has 11 heteroatoms. The zero-order chi connectivity index (χ0) is 27.9. The second kappa shape index (κ2) is 10.6. The zero-order valence-electron chi connectivity index (χ0n) is 22.1. The summed E-state index contributed by atoms with van der Waals surface area (Å²) in [6.45, 7) is 4.76. The van der Waals surface area contributed by atoms with Gasteiger partial charge in [0.25, 0.3) is 0 Å². The molecule has 0 radical (unpaired) electrons. The second-order valence-corrected chi connectivity index (χ2v) is 11.9. The van der Waals surface area contributed by atoms with Crippen LogP contribution in [0.25, 0.3) is 0 Å². The van der Waals surface area contributed by atoms with E-state index >= 15 is 0 Å². The van der Waals surface area contributed by atoms with E-state index in [1.54, 1.807) is 11.9 Å². The first-order valence-electron chi connectivity index (χ1n) is 13.4. The maximum Gasteiger partial charge on any atom is 0.419 e. The summed E-state index contributed by atoms with van der Waals surface area (Å²) >= 11 is 6.11. The first-order chi connectivity index (χ1) is 18.4. The number of anilines is 1. The maximum atomic E-state index is 13.6. The molecule has 3 aliphatic rings. The van der Waals surface area contributed by atoms with E-state index in [2.05, 4.69) is 9.97 Å². The number of amides is 2. The third kappa shape index (κ3) is 6.00. The SMILES string of the molecule is CN(C[C@H]1CN(C(=O)C2CCN(C(=O)C3(C)CC3)CC2)C[C@@H]1c1ccc(Cl)cc1)c1ncc(C(F)(F)F)cn1. The monoisotopic (exact) mass is 563 g/mol. The molecule has 2 atom stereocenters. The number of likely N-dealkylation sites (tertiary alicyclic amines) is 2. The molecular weight excluding hydrogens is 531 g/mol. The minimum atomic E-state index is -4.50. The molecule has 2 aliphatic heterocycles. The highest BCUT2D eigenvalue weighted by Gasteiger charge is 2.48. The molecule has 1 aliphatic carbocycles. The van der Waals surface area contributed by atoms with E-state index in [4.69, 9.17) is 11.6 Å². The Hall–Kier alpha value is -2.88. The molecule has 210 valence electrons. The smallest absolute Gasteiger partial charge is 0.344 e. The first kappa shape index (κ1) is 27.7. The average Bonchev–Trinajstić information content (AvgIpc) is 3.54. The molecule has 2 amide bonds. The molecule has 0 N–H and O–H groups in total. The lowest BCUT2D eigenvalue weighted by atomic mass is 9.88. The maximum absolute atomic E-state index is 13.6. The average molecular weight is 564 g/mol. The summed E-state index contributed by atoms with van der Waals surface area (Å²) in [5.74, 6) is 0.438. The van der Waals surface area contributed by atoms with Gasteiger partial charge in [-0.25, -0.2) is 9.97 Å². The molecule has 0 unspecified atom stereocenters. The van der Waals surface area contributed by atoms with Gasteiger partial charge >= 0.3 is 6.18 Å². The fourth-order valence-corrected chi connectivity index (χ4v) is 5.92. The number of carbonyl (C=O) groups excluding carboxylic acids is 2. The van der Waals surface area contributed by atoms with Crippen LogP contribution in [0.3, 0.4) is 0 Å². The summed E-state index contributed by atoms with van der Waals surface area (Å²) in [5, 5.41) is 0.623. The lowest BCUT2D eigenvalue weighted by Crippen LogP contribution is -2.46. The van der Waals surface area contributed by atoms with E-state index < -0.39 is 11.7 Å². The van der Waals surface area contributed by atoms with E-state index in [0.29, 0.717) is 50.6 Å². The van der Waals surface area contributed by atoms with E-state index in [0.717, 1.165) is 30.8 Å². The normalized spacial score (nSPS) is 23.1. The molecule has 0 spiro atoms. The lowest BCUT2D eigenvalue weighted by molar-refractivity contribution is -0.142. The van der Waals surface area contributed by atoms with Crippen LogP contribution in [-0.2, 0) is 15.8 Å². The molecule has 5 rings (SSSR count). The van der Waals surface area contributed by atoms with Crippen molar-refractivity contribution in [3.63, 3.8) is 0 Å². The number of hydrogen-bond donors (Lipinski definition) is 0. The van der Waals surface area contributed by atoms with Gasteiger partial charge in [0.1, 0.15) is 0 Å². The van der Waals surface area contributed by atoms with Crippen LogP contribution in [0.15, 0.2) is 36.7 Å². The van der Waals surface area contributed by atoms with Crippen LogP contribution in [0.5, 0.6) is 0 Å². The summed E-state index contributed by atoms with van der Waals surface area (Å²) in [6.07, 6.45) is 0.291. The number of rotatable bonds is 6. The molecular formula is C28H33ClF3N5O2. The van der Waals surface area contributed by atoms with Gasteiger partial charge in [-0.05, 0) is 43.4 Å². The zero-order valence-corrected chi connectivity index (χ0v) is 22.9. The van der Waals surface area contributed by atoms with Crippen LogP contribution in [-0.4, -0.2) is 71.4 Å². The number of piperidine rings is 1. The Morgan fingerprint density at radius 3 is 2.23 bits per heavy atom. The minimum Gasteiger partial charge on any atom is -0.344 e. The van der Waals surface area contributed by atoms with Crippen molar-refractivity contribution < 1.29 is 22.8 Å². The highest BCUT2D eigenvalue weighted by Crippen LogP contribution is 2.47. The van der Waals surface area contributed by atoms with Gasteiger partial charge in [0, 0.05) is 80.4 Å². The van der Waals surface area contributed by atoms with Crippen LogP contribution in [0.1, 0.15) is 49.7 Å². The summed E-state index contributed by atoms with van der Waals surface area (Å²) < 4.78 is 38.8. The molecule has 1 aromatic heterocycles. The van der Waals surface area contributed by atoms with Crippen molar-refractivity contribution in [3.05, 3.63) is 52.8 Å². The standard InChI is InChI=1S/C28H33ClF3N5O2/c1-27(9-10-27)25(39)36-11-7-19(8-12-36)24(38)37-16-20(23(17-37)18-3-5-22(29)6-4-18)15-35(2)26-33-13-21(14-34-26)28(30,31)32/h3-6,13-14,19-20,23H,7-12,15-17H2,1-2H3/t20-,23+/m0/s1. The third-order valence-electron chi connectivity index (χ3n) is 8.51. The van der Waals surface area contributed by atoms with Gasteiger partial charge in [-0.1, -0.05) is 30.7 Å². The van der Waals surface area contributed by atoms with Gasteiger partial charge in [-0.2, -0.15) is 13.2 Å². The summed E-state index contributed by atoms with van der Waals surface area (Å²) in [7, 11) is 1.75. The number of carbonyl (C=O) groups is 2. The molecule has 7 nitrogen and oxygen atoms in total. The van der Waals surface area contributed by atoms with E-state index in [1.807, 2.05) is 41.0 Å². The van der Waals surface area contributed by atoms with Gasteiger partial charge in [-0.15, -0.1) is 0 Å². The Kier molecular flexibility index (Phi) is 7.52. The van der Waals surface area contributed by atoms with Crippen LogP contribution in [0, 0.1) is 17.3 Å². The van der Waals surface area contributed by atoms with Crippen molar-refractivity contribution >= 4 is 29.4 Å². The summed E-state index contributed by atoms with van der Waals surface area (Å²) in [4.78, 5) is 39.8. The predicted octanol–water partition coefficient (Wildman–Crippen LogP) is 4.87. The number of alkyl halides is 3. The predicted molar refractivity (Wildman–Crippen MR) is 141 cm³/mol. The van der Waals surface area contributed by atoms with Crippen molar-refractivity contribution in [2.45, 2.75) is 44.7 Å². The van der Waals surface area contributed by atoms with Crippen LogP contribution in [0.4, 0.5) is 19.1 Å². The van der Waals surface area contributed by atoms with Gasteiger partial charge in [0.15, 0.2) is 0 Å². The molecule has 3 fully saturated rings. The lowest BCUT2D eigenvalue weighted by Gasteiger charge is -2.34. The van der Waals surface area contributed by atoms with Gasteiger partial charge < -0.3 is 14.7 Å². The molecule has 1 saturated carbocycles. The molecule has 39 heavy (non-hydrogen) atoms. The third-order valence-corrected chi connectivity index (χ3v) is 8.77.